The predicted octanol–water partition coefficient (Wildman–Crippen LogP) is 2.22. The molecule has 3 rings (SSSR count). The van der Waals surface area contributed by atoms with E-state index < -0.39 is 19.4 Å². The molecule has 0 saturated heterocycles. The molecule has 1 unspecified atom stereocenters. The minimum Gasteiger partial charge on any atom is -0.441 e. The predicted molar refractivity (Wildman–Crippen MR) is 71.0 cm³/mol. The molecule has 8 heteroatoms. The Morgan fingerprint density at radius 1 is 1.24 bits per heavy atom. The average Bonchev–Trinajstić information content (AvgIpc) is 2.77. The molecule has 0 amide bonds. The summed E-state index contributed by atoms with van der Waals surface area (Å²) in [7, 11) is -4.60. The monoisotopic (exact) mass is 307 g/mol. The Labute approximate surface area is 119 Å². The third-order valence-electron chi connectivity index (χ3n) is 2.89. The second-order valence-electron chi connectivity index (χ2n) is 4.37. The maximum Gasteiger partial charge on any atom is 0.370 e. The van der Waals surface area contributed by atoms with Gasteiger partial charge in [0.05, 0.1) is 5.56 Å². The number of fused-ring (bicyclic) bond motifs is 1. The fourth-order valence-electron chi connectivity index (χ4n) is 2.00. The van der Waals surface area contributed by atoms with Crippen LogP contribution in [0.1, 0.15) is 21.8 Å². The van der Waals surface area contributed by atoms with Crippen molar-refractivity contribution < 1.29 is 28.6 Å². The summed E-state index contributed by atoms with van der Waals surface area (Å²) in [6, 6.07) is 9.39. The molecule has 1 aromatic heterocycles. The first-order chi connectivity index (χ1) is 9.95. The van der Waals surface area contributed by atoms with Crippen molar-refractivity contribution in [2.75, 3.05) is 0 Å². The smallest absolute Gasteiger partial charge is 0.370 e. The number of cyclic esters (lactones) is 1. The molecule has 0 spiro atoms. The van der Waals surface area contributed by atoms with E-state index in [1.54, 1.807) is 24.4 Å². The number of nitrogens with zero attached hydrogens (tertiary/aromatic N) is 1. The summed E-state index contributed by atoms with van der Waals surface area (Å²) in [4.78, 5) is 34.0. The number of rotatable bonds is 3. The van der Waals surface area contributed by atoms with E-state index in [0.29, 0.717) is 11.6 Å². The molecule has 108 valence electrons. The number of pyridine rings is 1. The standard InChI is InChI=1S/C13H10NO6P/c15-12-9-5-4-8(19-11-3-1-2-6-14-11)7-10(9)13(20-12)21(16,17)18/h1-7,13H,(H2,16,17,18). The van der Waals surface area contributed by atoms with Crippen molar-refractivity contribution in [2.45, 2.75) is 5.85 Å². The maximum atomic E-state index is 11.6. The highest BCUT2D eigenvalue weighted by Crippen LogP contribution is 2.56. The first-order valence-electron chi connectivity index (χ1n) is 5.94. The number of carbonyl (C=O) groups is 1. The molecule has 0 saturated carbocycles. The fourth-order valence-corrected chi connectivity index (χ4v) is 2.81. The lowest BCUT2D eigenvalue weighted by Crippen LogP contribution is -1.99. The fraction of sp³-hybridized carbons (Fsp3) is 0.0769. The Morgan fingerprint density at radius 3 is 2.71 bits per heavy atom. The quantitative estimate of drug-likeness (QED) is 0.661. The molecule has 0 aliphatic carbocycles. The van der Waals surface area contributed by atoms with E-state index in [-0.39, 0.29) is 11.1 Å². The van der Waals surface area contributed by atoms with E-state index in [4.69, 9.17) is 9.47 Å². The summed E-state index contributed by atoms with van der Waals surface area (Å²) < 4.78 is 21.6. The molecule has 1 aromatic carbocycles. The van der Waals surface area contributed by atoms with E-state index in [1.807, 2.05) is 0 Å². The Balaban J connectivity index is 1.97. The van der Waals surface area contributed by atoms with Gasteiger partial charge in [-0.1, -0.05) is 6.07 Å². The first kappa shape index (κ1) is 13.8. The second-order valence-corrected chi connectivity index (χ2v) is 6.01. The van der Waals surface area contributed by atoms with Crippen molar-refractivity contribution in [1.29, 1.82) is 0 Å². The molecular weight excluding hydrogens is 297 g/mol. The third-order valence-corrected chi connectivity index (χ3v) is 3.89. The number of hydrogen-bond acceptors (Lipinski definition) is 5. The summed E-state index contributed by atoms with van der Waals surface area (Å²) in [5.74, 6) is -1.71. The molecular formula is C13H10NO6P. The van der Waals surface area contributed by atoms with Gasteiger partial charge in [0.2, 0.25) is 11.7 Å². The number of carbonyl (C=O) groups excluding carboxylic acids is 1. The van der Waals surface area contributed by atoms with Crippen molar-refractivity contribution >= 4 is 13.6 Å². The van der Waals surface area contributed by atoms with Gasteiger partial charge >= 0.3 is 13.6 Å². The highest BCUT2D eigenvalue weighted by Gasteiger charge is 2.42. The van der Waals surface area contributed by atoms with Crippen LogP contribution in [0.2, 0.25) is 0 Å². The normalized spacial score (nSPS) is 17.2. The lowest BCUT2D eigenvalue weighted by atomic mass is 10.1. The minimum atomic E-state index is -4.60. The van der Waals surface area contributed by atoms with Crippen LogP contribution in [0.3, 0.4) is 0 Å². The van der Waals surface area contributed by atoms with Crippen LogP contribution < -0.4 is 4.74 Å². The lowest BCUT2D eigenvalue weighted by Gasteiger charge is -2.12. The topological polar surface area (TPSA) is 106 Å². The molecule has 0 fully saturated rings. The molecule has 2 heterocycles. The summed E-state index contributed by atoms with van der Waals surface area (Å²) in [6.45, 7) is 0. The molecule has 7 nitrogen and oxygen atoms in total. The van der Waals surface area contributed by atoms with Crippen LogP contribution in [0, 0.1) is 0 Å². The van der Waals surface area contributed by atoms with Crippen LogP contribution >= 0.6 is 7.60 Å². The molecule has 21 heavy (non-hydrogen) atoms. The highest BCUT2D eigenvalue weighted by molar-refractivity contribution is 7.52. The van der Waals surface area contributed by atoms with Crippen molar-refractivity contribution in [2.24, 2.45) is 0 Å². The Kier molecular flexibility index (Phi) is 3.25. The number of benzene rings is 1. The summed E-state index contributed by atoms with van der Waals surface area (Å²) >= 11 is 0. The van der Waals surface area contributed by atoms with Crippen molar-refractivity contribution in [3.05, 3.63) is 53.7 Å². The van der Waals surface area contributed by atoms with Gasteiger partial charge in [0.1, 0.15) is 5.75 Å². The molecule has 0 radical (unpaired) electrons. The maximum absolute atomic E-state index is 11.6. The van der Waals surface area contributed by atoms with Crippen LogP contribution in [-0.4, -0.2) is 20.7 Å². The number of ether oxygens (including phenoxy) is 2. The Hall–Kier alpha value is -2.21. The van der Waals surface area contributed by atoms with Crippen LogP contribution in [0.4, 0.5) is 0 Å². The van der Waals surface area contributed by atoms with Gasteiger partial charge in [-0.25, -0.2) is 9.78 Å². The van der Waals surface area contributed by atoms with Crippen LogP contribution in [0.25, 0.3) is 0 Å². The van der Waals surface area contributed by atoms with Gasteiger partial charge in [-0.05, 0) is 24.3 Å². The van der Waals surface area contributed by atoms with Crippen molar-refractivity contribution in [3.8, 4) is 11.6 Å². The van der Waals surface area contributed by atoms with Crippen molar-refractivity contribution in [1.82, 2.24) is 4.98 Å². The summed E-state index contributed by atoms with van der Waals surface area (Å²) in [5, 5.41) is 0. The first-order valence-corrected chi connectivity index (χ1v) is 7.62. The Bertz CT molecular complexity index is 742. The third kappa shape index (κ3) is 2.67. The van der Waals surface area contributed by atoms with Crippen LogP contribution in [0.5, 0.6) is 11.6 Å². The molecule has 1 aliphatic heterocycles. The largest absolute Gasteiger partial charge is 0.441 e. The van der Waals surface area contributed by atoms with E-state index in [0.717, 1.165) is 0 Å². The highest BCUT2D eigenvalue weighted by atomic mass is 31.2. The van der Waals surface area contributed by atoms with E-state index in [1.165, 1.54) is 18.2 Å². The van der Waals surface area contributed by atoms with Gasteiger partial charge in [0.25, 0.3) is 0 Å². The van der Waals surface area contributed by atoms with Crippen molar-refractivity contribution in [3.63, 3.8) is 0 Å². The zero-order chi connectivity index (χ0) is 15.0. The van der Waals surface area contributed by atoms with E-state index in [2.05, 4.69) is 4.98 Å². The summed E-state index contributed by atoms with van der Waals surface area (Å²) in [5.41, 5.74) is 0.235. The molecule has 1 aliphatic rings. The van der Waals surface area contributed by atoms with Gasteiger partial charge in [-0.2, -0.15) is 0 Å². The van der Waals surface area contributed by atoms with Gasteiger partial charge in [-0.15, -0.1) is 0 Å². The van der Waals surface area contributed by atoms with Crippen LogP contribution in [-0.2, 0) is 9.30 Å². The molecule has 1 atom stereocenters. The number of aromatic nitrogens is 1. The zero-order valence-corrected chi connectivity index (χ0v) is 11.4. The number of esters is 1. The van der Waals surface area contributed by atoms with E-state index in [9.17, 15) is 19.1 Å². The minimum absolute atomic E-state index is 0.113. The van der Waals surface area contributed by atoms with Gasteiger partial charge in [0, 0.05) is 17.8 Å². The SMILES string of the molecule is O=C1OC(P(=O)(O)O)c2cc(Oc3ccccn3)ccc21. The van der Waals surface area contributed by atoms with E-state index >= 15 is 0 Å². The average molecular weight is 307 g/mol. The van der Waals surface area contributed by atoms with Gasteiger partial charge in [0.15, 0.2) is 0 Å². The lowest BCUT2D eigenvalue weighted by molar-refractivity contribution is 0.0471. The summed E-state index contributed by atoms with van der Waals surface area (Å²) in [6.07, 6.45) is 1.55. The van der Waals surface area contributed by atoms with Gasteiger partial charge in [-0.3, -0.25) is 4.57 Å². The van der Waals surface area contributed by atoms with Gasteiger partial charge < -0.3 is 19.3 Å². The molecule has 2 N–H and O–H groups in total. The second kappa shape index (κ2) is 4.96. The molecule has 0 bridgehead atoms. The Morgan fingerprint density at radius 2 is 2.05 bits per heavy atom. The molecule has 2 aromatic rings. The van der Waals surface area contributed by atoms with Crippen LogP contribution in [0.15, 0.2) is 42.6 Å². The number of hydrogen-bond donors (Lipinski definition) is 2. The zero-order valence-electron chi connectivity index (χ0n) is 10.5.